The highest BCUT2D eigenvalue weighted by Crippen LogP contribution is 2.29. The largest absolute Gasteiger partial charge is 0.493 e. The molecule has 8 nitrogen and oxygen atoms in total. The van der Waals surface area contributed by atoms with Gasteiger partial charge >= 0.3 is 6.09 Å². The van der Waals surface area contributed by atoms with Gasteiger partial charge in [0.05, 0.1) is 13.7 Å². The van der Waals surface area contributed by atoms with Crippen molar-refractivity contribution in [2.45, 2.75) is 38.8 Å². The number of piperidine rings is 1. The zero-order valence-electron chi connectivity index (χ0n) is 18.9. The number of nitrogens with zero attached hydrogens (tertiary/aromatic N) is 3. The van der Waals surface area contributed by atoms with Gasteiger partial charge in [0, 0.05) is 39.3 Å². The molecule has 174 valence electrons. The van der Waals surface area contributed by atoms with Crippen LogP contribution < -0.4 is 9.47 Å². The van der Waals surface area contributed by atoms with Crippen molar-refractivity contribution in [3.63, 3.8) is 0 Å². The summed E-state index contributed by atoms with van der Waals surface area (Å²) < 4.78 is 16.5. The topological polar surface area (TPSA) is 74.7 Å². The molecule has 2 aliphatic rings. The fourth-order valence-electron chi connectivity index (χ4n) is 4.17. The van der Waals surface area contributed by atoms with Gasteiger partial charge in [0.25, 0.3) is 0 Å². The number of benzene rings is 1. The molecule has 2 saturated heterocycles. The van der Waals surface area contributed by atoms with Crippen molar-refractivity contribution in [3.05, 3.63) is 23.8 Å². The third kappa shape index (κ3) is 7.26. The molecule has 1 amide bonds. The Hall–Kier alpha value is -2.03. The summed E-state index contributed by atoms with van der Waals surface area (Å²) in [4.78, 5) is 18.2. The highest BCUT2D eigenvalue weighted by atomic mass is 16.6. The summed E-state index contributed by atoms with van der Waals surface area (Å²) in [6.07, 6.45) is 2.94. The predicted molar refractivity (Wildman–Crippen MR) is 119 cm³/mol. The molecule has 0 bridgehead atoms. The number of piperazine rings is 1. The van der Waals surface area contributed by atoms with Crippen molar-refractivity contribution in [1.82, 2.24) is 14.7 Å². The van der Waals surface area contributed by atoms with E-state index in [1.807, 2.05) is 25.1 Å². The van der Waals surface area contributed by atoms with Gasteiger partial charge in [-0.15, -0.1) is 0 Å². The molecule has 0 aromatic heterocycles. The van der Waals surface area contributed by atoms with Crippen LogP contribution in [0.1, 0.15) is 31.7 Å². The number of methoxy groups -OCH3 is 1. The van der Waals surface area contributed by atoms with Crippen molar-refractivity contribution < 1.29 is 24.1 Å². The number of rotatable bonds is 9. The van der Waals surface area contributed by atoms with Crippen LogP contribution in [0.2, 0.25) is 0 Å². The monoisotopic (exact) mass is 435 g/mol. The molecule has 8 heteroatoms. The number of amides is 1. The average molecular weight is 436 g/mol. The van der Waals surface area contributed by atoms with Crippen LogP contribution in [0.3, 0.4) is 0 Å². The normalized spacial score (nSPS) is 19.1. The van der Waals surface area contributed by atoms with Crippen LogP contribution >= 0.6 is 0 Å². The van der Waals surface area contributed by atoms with E-state index in [0.29, 0.717) is 37.7 Å². The average Bonchev–Trinajstić information content (AvgIpc) is 2.79. The minimum absolute atomic E-state index is 0.231. The molecule has 2 fully saturated rings. The van der Waals surface area contributed by atoms with Crippen molar-refractivity contribution in [2.75, 3.05) is 66.1 Å². The Bertz CT molecular complexity index is 688. The molecule has 0 saturated carbocycles. The van der Waals surface area contributed by atoms with E-state index in [0.717, 1.165) is 38.3 Å². The molecule has 0 aliphatic carbocycles. The smallest absolute Gasteiger partial charge is 0.409 e. The van der Waals surface area contributed by atoms with E-state index in [4.69, 9.17) is 14.2 Å². The number of hydrogen-bond acceptors (Lipinski definition) is 7. The van der Waals surface area contributed by atoms with E-state index < -0.39 is 6.10 Å². The summed E-state index contributed by atoms with van der Waals surface area (Å²) in [6.45, 7) is 8.94. The quantitative estimate of drug-likeness (QED) is 0.637. The summed E-state index contributed by atoms with van der Waals surface area (Å²) in [5.74, 6) is 1.32. The van der Waals surface area contributed by atoms with Crippen LogP contribution in [-0.4, -0.2) is 98.1 Å². The van der Waals surface area contributed by atoms with Crippen LogP contribution in [0, 0.1) is 0 Å². The Morgan fingerprint density at radius 2 is 1.77 bits per heavy atom. The number of likely N-dealkylation sites (tertiary alicyclic amines) is 1. The molecule has 1 aromatic rings. The van der Waals surface area contributed by atoms with Gasteiger partial charge in [0.15, 0.2) is 11.5 Å². The third-order valence-corrected chi connectivity index (χ3v) is 5.88. The van der Waals surface area contributed by atoms with Gasteiger partial charge < -0.3 is 29.1 Å². The molecule has 2 heterocycles. The van der Waals surface area contributed by atoms with Gasteiger partial charge in [-0.1, -0.05) is 12.5 Å². The number of aliphatic hydroxyl groups excluding tert-OH is 1. The molecule has 0 radical (unpaired) electrons. The number of hydrogen-bond donors (Lipinski definition) is 1. The van der Waals surface area contributed by atoms with Crippen LogP contribution in [0.15, 0.2) is 18.2 Å². The standard InChI is InChI=1S/C23H37N3O5/c1-3-30-23(28)26-13-11-25(12-14-26)16-19-7-8-21(29-2)22(15-19)31-18-20(27)17-24-9-5-4-6-10-24/h7-8,15,20,27H,3-6,9-14,16-18H2,1-2H3/t20-/m1/s1. The van der Waals surface area contributed by atoms with E-state index in [1.54, 1.807) is 12.0 Å². The van der Waals surface area contributed by atoms with Crippen molar-refractivity contribution in [2.24, 2.45) is 0 Å². The van der Waals surface area contributed by atoms with Crippen molar-refractivity contribution in [3.8, 4) is 11.5 Å². The van der Waals surface area contributed by atoms with Crippen LogP contribution in [-0.2, 0) is 11.3 Å². The lowest BCUT2D eigenvalue weighted by atomic mass is 10.1. The first-order chi connectivity index (χ1) is 15.1. The highest BCUT2D eigenvalue weighted by Gasteiger charge is 2.22. The zero-order valence-corrected chi connectivity index (χ0v) is 18.9. The third-order valence-electron chi connectivity index (χ3n) is 5.88. The SMILES string of the molecule is CCOC(=O)N1CCN(Cc2ccc(OC)c(OC[C@H](O)CN3CCCCC3)c2)CC1. The Balaban J connectivity index is 1.50. The summed E-state index contributed by atoms with van der Waals surface area (Å²) >= 11 is 0. The molecular formula is C23H37N3O5. The van der Waals surface area contributed by atoms with E-state index in [9.17, 15) is 9.90 Å². The fourth-order valence-corrected chi connectivity index (χ4v) is 4.17. The molecule has 0 unspecified atom stereocenters. The van der Waals surface area contributed by atoms with Crippen LogP contribution in [0.5, 0.6) is 11.5 Å². The second kappa shape index (κ2) is 12.1. The van der Waals surface area contributed by atoms with Gasteiger partial charge in [-0.2, -0.15) is 0 Å². The van der Waals surface area contributed by atoms with E-state index >= 15 is 0 Å². The maximum absolute atomic E-state index is 11.9. The fraction of sp³-hybridized carbons (Fsp3) is 0.696. The summed E-state index contributed by atoms with van der Waals surface area (Å²) in [5.41, 5.74) is 1.12. The van der Waals surface area contributed by atoms with Crippen molar-refractivity contribution in [1.29, 1.82) is 0 Å². The van der Waals surface area contributed by atoms with E-state index in [1.165, 1.54) is 19.3 Å². The molecule has 2 aliphatic heterocycles. The van der Waals surface area contributed by atoms with Gasteiger partial charge in [-0.25, -0.2) is 4.79 Å². The lowest BCUT2D eigenvalue weighted by Crippen LogP contribution is -2.48. The number of carbonyl (C=O) groups is 1. The maximum Gasteiger partial charge on any atom is 0.409 e. The number of ether oxygens (including phenoxy) is 3. The van der Waals surface area contributed by atoms with E-state index in [-0.39, 0.29) is 12.7 Å². The number of carbonyl (C=O) groups excluding carboxylic acids is 1. The molecular weight excluding hydrogens is 398 g/mol. The molecule has 1 atom stereocenters. The van der Waals surface area contributed by atoms with Gasteiger partial charge in [-0.05, 0) is 50.6 Å². The molecule has 1 aromatic carbocycles. The van der Waals surface area contributed by atoms with Crippen molar-refractivity contribution >= 4 is 6.09 Å². The van der Waals surface area contributed by atoms with E-state index in [2.05, 4.69) is 9.80 Å². The first kappa shape index (κ1) is 23.6. The summed E-state index contributed by atoms with van der Waals surface area (Å²) in [6, 6.07) is 5.94. The molecule has 1 N–H and O–H groups in total. The lowest BCUT2D eigenvalue weighted by molar-refractivity contribution is 0.0607. The maximum atomic E-state index is 11.9. The molecule has 31 heavy (non-hydrogen) atoms. The molecule has 0 spiro atoms. The molecule has 3 rings (SSSR count). The summed E-state index contributed by atoms with van der Waals surface area (Å²) in [5, 5.41) is 10.4. The lowest BCUT2D eigenvalue weighted by Gasteiger charge is -2.34. The minimum Gasteiger partial charge on any atom is -0.493 e. The Morgan fingerprint density at radius 1 is 1.03 bits per heavy atom. The minimum atomic E-state index is -0.526. The number of β-amino-alcohol motifs (C(OH)–C–C–N with tert-alkyl or cyclic N) is 1. The first-order valence-corrected chi connectivity index (χ1v) is 11.4. The second-order valence-electron chi connectivity index (χ2n) is 8.27. The Labute approximate surface area is 185 Å². The van der Waals surface area contributed by atoms with Gasteiger partial charge in [-0.3, -0.25) is 4.90 Å². The highest BCUT2D eigenvalue weighted by molar-refractivity contribution is 5.67. The van der Waals surface area contributed by atoms with Gasteiger partial charge in [0.1, 0.15) is 12.7 Å². The Kier molecular flexibility index (Phi) is 9.24. The van der Waals surface area contributed by atoms with Crippen LogP contribution in [0.4, 0.5) is 4.79 Å². The summed E-state index contributed by atoms with van der Waals surface area (Å²) in [7, 11) is 1.63. The predicted octanol–water partition coefficient (Wildman–Crippen LogP) is 2.19. The Morgan fingerprint density at radius 3 is 2.45 bits per heavy atom. The van der Waals surface area contributed by atoms with Crippen LogP contribution in [0.25, 0.3) is 0 Å². The van der Waals surface area contributed by atoms with Gasteiger partial charge in [0.2, 0.25) is 0 Å². The second-order valence-corrected chi connectivity index (χ2v) is 8.27. The zero-order chi connectivity index (χ0) is 22.1. The number of aliphatic hydroxyl groups is 1. The first-order valence-electron chi connectivity index (χ1n) is 11.4.